The number of carbonyl (C=O) groups is 1. The number of H-pyrrole nitrogens is 1. The number of imidazole rings is 1. The third kappa shape index (κ3) is 8.74. The van der Waals surface area contributed by atoms with Crippen molar-refractivity contribution in [3.8, 4) is 0 Å². The molecule has 0 aromatic carbocycles. The maximum atomic E-state index is 10.8. The van der Waals surface area contributed by atoms with Crippen LogP contribution in [0.3, 0.4) is 0 Å². The van der Waals surface area contributed by atoms with Crippen LogP contribution in [0.2, 0.25) is 0 Å². The molecule has 0 amide bonds. The summed E-state index contributed by atoms with van der Waals surface area (Å²) in [6.07, 6.45) is 12.8. The van der Waals surface area contributed by atoms with Gasteiger partial charge < -0.3 is 15.2 Å². The summed E-state index contributed by atoms with van der Waals surface area (Å²) in [7, 11) is 0. The molecule has 0 atom stereocenters. The summed E-state index contributed by atoms with van der Waals surface area (Å²) in [6, 6.07) is 0. The van der Waals surface area contributed by atoms with Crippen molar-refractivity contribution in [3.63, 3.8) is 0 Å². The zero-order valence-electron chi connectivity index (χ0n) is 14.4. The Kier molecular flexibility index (Phi) is 10.4. The molecule has 0 radical (unpaired) electrons. The minimum absolute atomic E-state index is 0.0438. The summed E-state index contributed by atoms with van der Waals surface area (Å²) >= 11 is 0. The number of nitrogens with zero attached hydrogens (tertiary/aromatic N) is 1. The normalized spacial score (nSPS) is 11.0. The fourth-order valence-corrected chi connectivity index (χ4v) is 2.86. The smallest absolute Gasteiger partial charge is 0.311 e. The zero-order chi connectivity index (χ0) is 16.9. The maximum absolute atomic E-state index is 10.8. The first-order valence-corrected chi connectivity index (χ1v) is 9.06. The summed E-state index contributed by atoms with van der Waals surface area (Å²) < 4.78 is 0. The van der Waals surface area contributed by atoms with E-state index < -0.39 is 5.97 Å². The van der Waals surface area contributed by atoms with Crippen molar-refractivity contribution in [1.82, 2.24) is 9.97 Å². The van der Waals surface area contributed by atoms with E-state index in [0.29, 0.717) is 12.2 Å². The molecule has 0 saturated carbocycles. The highest BCUT2D eigenvalue weighted by Gasteiger charge is 2.11. The van der Waals surface area contributed by atoms with Crippen LogP contribution in [0.25, 0.3) is 0 Å². The fourth-order valence-electron chi connectivity index (χ4n) is 2.86. The number of unbranched alkanes of at least 4 members (excludes halogenated alkanes) is 8. The molecule has 1 aromatic rings. The predicted octanol–water partition coefficient (Wildman–Crippen LogP) is 3.64. The van der Waals surface area contributed by atoms with Gasteiger partial charge in [-0.05, 0) is 12.8 Å². The van der Waals surface area contributed by atoms with E-state index in [1.54, 1.807) is 0 Å². The highest BCUT2D eigenvalue weighted by molar-refractivity contribution is 5.69. The van der Waals surface area contributed by atoms with Gasteiger partial charge in [0.1, 0.15) is 12.2 Å². The first-order chi connectivity index (χ1) is 11.2. The molecule has 1 heterocycles. The van der Waals surface area contributed by atoms with Gasteiger partial charge in [0.15, 0.2) is 0 Å². The van der Waals surface area contributed by atoms with Gasteiger partial charge in [0.25, 0.3) is 0 Å². The molecule has 1 rings (SSSR count). The highest BCUT2D eigenvalue weighted by atomic mass is 16.4. The van der Waals surface area contributed by atoms with E-state index in [0.717, 1.165) is 24.2 Å². The van der Waals surface area contributed by atoms with Gasteiger partial charge >= 0.3 is 5.97 Å². The van der Waals surface area contributed by atoms with E-state index in [2.05, 4.69) is 16.9 Å². The number of hydrogen-bond donors (Lipinski definition) is 3. The molecular weight excluding hydrogens is 292 g/mol. The number of aliphatic carboxylic acids is 1. The van der Waals surface area contributed by atoms with Gasteiger partial charge in [-0.15, -0.1) is 0 Å². The van der Waals surface area contributed by atoms with Crippen LogP contribution in [-0.4, -0.2) is 32.8 Å². The number of carboxylic acids is 1. The fraction of sp³-hybridized carbons (Fsp3) is 0.778. The summed E-state index contributed by atoms with van der Waals surface area (Å²) in [5.74, 6) is -0.393. The van der Waals surface area contributed by atoms with E-state index >= 15 is 0 Å². The summed E-state index contributed by atoms with van der Waals surface area (Å²) in [5.41, 5.74) is 1.82. The van der Waals surface area contributed by atoms with Gasteiger partial charge in [-0.25, -0.2) is 4.98 Å². The molecule has 0 saturated heterocycles. The molecule has 0 bridgehead atoms. The molecule has 0 unspecified atom stereocenters. The quantitative estimate of drug-likeness (QED) is 0.456. The first-order valence-electron chi connectivity index (χ1n) is 9.06. The standard InChI is InChI=1S/C18H32N2O3/c1-2-3-4-5-6-7-8-9-10-11-15-16(12-13-21)20-17(19-15)14-18(22)23/h21H,2-14H2,1H3,(H,19,20)(H,22,23). The van der Waals surface area contributed by atoms with E-state index in [4.69, 9.17) is 10.2 Å². The van der Waals surface area contributed by atoms with Gasteiger partial charge in [-0.2, -0.15) is 0 Å². The average molecular weight is 324 g/mol. The van der Waals surface area contributed by atoms with Crippen molar-refractivity contribution in [1.29, 1.82) is 0 Å². The number of carboxylic acid groups (broad SMARTS) is 1. The summed E-state index contributed by atoms with van der Waals surface area (Å²) in [4.78, 5) is 18.2. The van der Waals surface area contributed by atoms with Crippen LogP contribution >= 0.6 is 0 Å². The van der Waals surface area contributed by atoms with Crippen molar-refractivity contribution in [2.75, 3.05) is 6.61 Å². The number of nitrogens with one attached hydrogen (secondary N) is 1. The Morgan fingerprint density at radius 3 is 2.17 bits per heavy atom. The molecule has 0 spiro atoms. The number of rotatable bonds is 14. The second-order valence-corrected chi connectivity index (χ2v) is 6.23. The third-order valence-electron chi connectivity index (χ3n) is 4.11. The molecule has 3 N–H and O–H groups in total. The summed E-state index contributed by atoms with van der Waals surface area (Å²) in [6.45, 7) is 2.28. The van der Waals surface area contributed by atoms with Gasteiger partial charge in [0, 0.05) is 18.7 Å². The molecule has 1 aromatic heterocycles. The SMILES string of the molecule is CCCCCCCCCCCc1[nH]c(CC(=O)O)nc1CCO. The Labute approximate surface area is 139 Å². The van der Waals surface area contributed by atoms with Crippen molar-refractivity contribution < 1.29 is 15.0 Å². The van der Waals surface area contributed by atoms with Crippen LogP contribution in [0.4, 0.5) is 0 Å². The average Bonchev–Trinajstić information content (AvgIpc) is 2.87. The second kappa shape index (κ2) is 12.1. The number of aliphatic hydroxyl groups is 1. The number of aromatic amines is 1. The lowest BCUT2D eigenvalue weighted by atomic mass is 10.1. The minimum atomic E-state index is -0.885. The lowest BCUT2D eigenvalue weighted by Gasteiger charge is -2.03. The number of hydrogen-bond acceptors (Lipinski definition) is 3. The molecule has 0 fully saturated rings. The molecule has 0 aliphatic rings. The van der Waals surface area contributed by atoms with Crippen LogP contribution < -0.4 is 0 Å². The molecule has 0 aliphatic carbocycles. The van der Waals surface area contributed by atoms with Gasteiger partial charge in [-0.3, -0.25) is 4.79 Å². The Balaban J connectivity index is 2.25. The van der Waals surface area contributed by atoms with Crippen molar-refractivity contribution >= 4 is 5.97 Å². The topological polar surface area (TPSA) is 86.2 Å². The van der Waals surface area contributed by atoms with Crippen LogP contribution in [0.5, 0.6) is 0 Å². The highest BCUT2D eigenvalue weighted by Crippen LogP contribution is 2.14. The van der Waals surface area contributed by atoms with E-state index in [9.17, 15) is 4.79 Å². The van der Waals surface area contributed by atoms with Gasteiger partial charge in [0.05, 0.1) is 5.69 Å². The van der Waals surface area contributed by atoms with E-state index in [1.807, 2.05) is 0 Å². The minimum Gasteiger partial charge on any atom is -0.481 e. The van der Waals surface area contributed by atoms with Crippen LogP contribution in [0.15, 0.2) is 0 Å². The first kappa shape index (κ1) is 19.7. The number of aromatic nitrogens is 2. The molecule has 132 valence electrons. The van der Waals surface area contributed by atoms with E-state index in [1.165, 1.54) is 51.4 Å². The monoisotopic (exact) mass is 324 g/mol. The largest absolute Gasteiger partial charge is 0.481 e. The Morgan fingerprint density at radius 1 is 1.00 bits per heavy atom. The molecule has 0 aliphatic heterocycles. The lowest BCUT2D eigenvalue weighted by Crippen LogP contribution is -2.02. The number of aryl methyl sites for hydroxylation is 1. The molecule has 5 heteroatoms. The van der Waals surface area contributed by atoms with Crippen LogP contribution in [-0.2, 0) is 24.1 Å². The Morgan fingerprint density at radius 2 is 1.61 bits per heavy atom. The lowest BCUT2D eigenvalue weighted by molar-refractivity contribution is -0.136. The predicted molar refractivity (Wildman–Crippen MR) is 91.6 cm³/mol. The van der Waals surface area contributed by atoms with Crippen LogP contribution in [0.1, 0.15) is 81.9 Å². The summed E-state index contributed by atoms with van der Waals surface area (Å²) in [5, 5.41) is 17.9. The van der Waals surface area contributed by atoms with Crippen molar-refractivity contribution in [2.45, 2.75) is 84.0 Å². The molecule has 5 nitrogen and oxygen atoms in total. The third-order valence-corrected chi connectivity index (χ3v) is 4.11. The van der Waals surface area contributed by atoms with Gasteiger partial charge in [0.2, 0.25) is 0 Å². The van der Waals surface area contributed by atoms with Crippen LogP contribution in [0, 0.1) is 0 Å². The molecular formula is C18H32N2O3. The maximum Gasteiger partial charge on any atom is 0.311 e. The second-order valence-electron chi connectivity index (χ2n) is 6.23. The Hall–Kier alpha value is -1.36. The van der Waals surface area contributed by atoms with Gasteiger partial charge in [-0.1, -0.05) is 58.3 Å². The van der Waals surface area contributed by atoms with E-state index in [-0.39, 0.29) is 13.0 Å². The number of aliphatic hydroxyl groups excluding tert-OH is 1. The zero-order valence-corrected chi connectivity index (χ0v) is 14.4. The molecule has 23 heavy (non-hydrogen) atoms. The van der Waals surface area contributed by atoms with Crippen molar-refractivity contribution in [2.24, 2.45) is 0 Å². The van der Waals surface area contributed by atoms with Crippen molar-refractivity contribution in [3.05, 3.63) is 17.2 Å². The Bertz CT molecular complexity index is 443.